The molecule has 0 bridgehead atoms. The highest BCUT2D eigenvalue weighted by molar-refractivity contribution is 8.76. The maximum atomic E-state index is 12.9. The standard InChI is InChI=1S/C11H17F2NO3S2.C2HF3O2/c12-11(13)3-1-8(7-11)10(17)14-4-6-19-18-5-2-9(15)16;3-2(4,5)1(6)7/h8H,1-7H2,(H,14,17)(H,15,16);(H,6,7). The first-order valence-electron chi connectivity index (χ1n) is 7.27. The summed E-state index contributed by atoms with van der Waals surface area (Å²) in [4.78, 5) is 30.7. The summed E-state index contributed by atoms with van der Waals surface area (Å²) in [5.74, 6) is -5.99. The van der Waals surface area contributed by atoms with Gasteiger partial charge in [-0.3, -0.25) is 9.59 Å². The molecule has 1 saturated carbocycles. The molecule has 1 fully saturated rings. The summed E-state index contributed by atoms with van der Waals surface area (Å²) in [7, 11) is 2.90. The van der Waals surface area contributed by atoms with E-state index in [4.69, 9.17) is 15.0 Å². The Bertz CT molecular complexity index is 490. The predicted molar refractivity (Wildman–Crippen MR) is 86.2 cm³/mol. The van der Waals surface area contributed by atoms with E-state index in [1.165, 1.54) is 21.6 Å². The summed E-state index contributed by atoms with van der Waals surface area (Å²) < 4.78 is 57.6. The van der Waals surface area contributed by atoms with Gasteiger partial charge in [-0.1, -0.05) is 21.6 Å². The van der Waals surface area contributed by atoms with Crippen molar-refractivity contribution in [1.82, 2.24) is 5.32 Å². The fraction of sp³-hybridized carbons (Fsp3) is 0.769. The van der Waals surface area contributed by atoms with Gasteiger partial charge in [-0.2, -0.15) is 13.2 Å². The van der Waals surface area contributed by atoms with Gasteiger partial charge in [-0.25, -0.2) is 13.6 Å². The first-order valence-corrected chi connectivity index (χ1v) is 9.76. The number of hydrogen-bond acceptors (Lipinski definition) is 5. The van der Waals surface area contributed by atoms with Crippen LogP contribution in [0.2, 0.25) is 0 Å². The molecule has 0 aromatic carbocycles. The monoisotopic (exact) mass is 427 g/mol. The van der Waals surface area contributed by atoms with Crippen molar-refractivity contribution in [1.29, 1.82) is 0 Å². The number of carboxylic acids is 2. The molecule has 0 aromatic heterocycles. The molecular formula is C13H18F5NO5S2. The van der Waals surface area contributed by atoms with E-state index >= 15 is 0 Å². The Kier molecular flexibility index (Phi) is 10.9. The summed E-state index contributed by atoms with van der Waals surface area (Å²) in [6, 6.07) is 0. The molecule has 6 nitrogen and oxygen atoms in total. The van der Waals surface area contributed by atoms with E-state index < -0.39 is 30.0 Å². The molecule has 1 aliphatic carbocycles. The first kappa shape index (κ1) is 24.8. The molecule has 0 heterocycles. The van der Waals surface area contributed by atoms with Gasteiger partial charge >= 0.3 is 18.1 Å². The molecule has 26 heavy (non-hydrogen) atoms. The summed E-state index contributed by atoms with van der Waals surface area (Å²) >= 11 is 0. The molecule has 3 N–H and O–H groups in total. The molecule has 1 amide bonds. The molecule has 1 unspecified atom stereocenters. The van der Waals surface area contributed by atoms with E-state index in [0.717, 1.165) is 0 Å². The molecule has 1 aliphatic rings. The topological polar surface area (TPSA) is 104 Å². The third-order valence-corrected chi connectivity index (χ3v) is 5.39. The molecule has 1 atom stereocenters. The molecule has 0 aliphatic heterocycles. The number of carbonyl (C=O) groups is 3. The van der Waals surface area contributed by atoms with E-state index in [1.54, 1.807) is 0 Å². The summed E-state index contributed by atoms with van der Waals surface area (Å²) in [5.41, 5.74) is 0. The Morgan fingerprint density at radius 3 is 2.08 bits per heavy atom. The van der Waals surface area contributed by atoms with Gasteiger partial charge in [0.1, 0.15) is 0 Å². The van der Waals surface area contributed by atoms with Crippen molar-refractivity contribution in [2.75, 3.05) is 18.1 Å². The van der Waals surface area contributed by atoms with E-state index in [1.807, 2.05) is 0 Å². The fourth-order valence-electron chi connectivity index (χ4n) is 1.78. The molecule has 152 valence electrons. The van der Waals surface area contributed by atoms with Gasteiger partial charge in [0.05, 0.1) is 6.42 Å². The zero-order valence-corrected chi connectivity index (χ0v) is 15.0. The lowest BCUT2D eigenvalue weighted by Gasteiger charge is -2.11. The summed E-state index contributed by atoms with van der Waals surface area (Å²) in [6.45, 7) is 0.422. The SMILES string of the molecule is O=C(O)C(F)(F)F.O=C(O)CCSSCCNC(=O)C1CCC(F)(F)C1. The molecular weight excluding hydrogens is 409 g/mol. The van der Waals surface area contributed by atoms with Crippen molar-refractivity contribution < 1.29 is 46.5 Å². The van der Waals surface area contributed by atoms with Gasteiger partial charge in [0, 0.05) is 36.8 Å². The largest absolute Gasteiger partial charge is 0.490 e. The van der Waals surface area contributed by atoms with Gasteiger partial charge in [-0.15, -0.1) is 0 Å². The van der Waals surface area contributed by atoms with Gasteiger partial charge in [0.15, 0.2) is 0 Å². The van der Waals surface area contributed by atoms with Crippen molar-refractivity contribution in [2.45, 2.75) is 37.8 Å². The Balaban J connectivity index is 0.000000758. The van der Waals surface area contributed by atoms with Crippen LogP contribution in [0, 0.1) is 5.92 Å². The third kappa shape index (κ3) is 12.2. The summed E-state index contributed by atoms with van der Waals surface area (Å²) in [5, 5.41) is 18.2. The van der Waals surface area contributed by atoms with Crippen LogP contribution in [0.1, 0.15) is 25.7 Å². The minimum atomic E-state index is -5.08. The van der Waals surface area contributed by atoms with Crippen LogP contribution in [0.5, 0.6) is 0 Å². The second kappa shape index (κ2) is 11.5. The van der Waals surface area contributed by atoms with E-state index in [0.29, 0.717) is 18.1 Å². The van der Waals surface area contributed by atoms with Crippen LogP contribution in [-0.2, 0) is 14.4 Å². The number of halogens is 5. The second-order valence-electron chi connectivity index (χ2n) is 5.18. The third-order valence-electron chi connectivity index (χ3n) is 2.98. The highest BCUT2D eigenvalue weighted by Crippen LogP contribution is 2.38. The minimum Gasteiger partial charge on any atom is -0.481 e. The number of carbonyl (C=O) groups excluding carboxylic acids is 1. The van der Waals surface area contributed by atoms with Crippen molar-refractivity contribution in [2.24, 2.45) is 5.92 Å². The predicted octanol–water partition coefficient (Wildman–Crippen LogP) is 3.03. The number of nitrogens with one attached hydrogen (secondary N) is 1. The van der Waals surface area contributed by atoms with Crippen LogP contribution in [0.25, 0.3) is 0 Å². The first-order chi connectivity index (χ1) is 11.8. The Hall–Kier alpha value is -1.24. The van der Waals surface area contributed by atoms with Crippen LogP contribution >= 0.6 is 21.6 Å². The summed E-state index contributed by atoms with van der Waals surface area (Å²) in [6.07, 6.45) is -5.27. The van der Waals surface area contributed by atoms with Gasteiger partial charge in [0.2, 0.25) is 11.8 Å². The number of alkyl halides is 5. The molecule has 0 aromatic rings. The smallest absolute Gasteiger partial charge is 0.481 e. The highest BCUT2D eigenvalue weighted by Gasteiger charge is 2.42. The quantitative estimate of drug-likeness (QED) is 0.311. The Morgan fingerprint density at radius 2 is 1.65 bits per heavy atom. The lowest BCUT2D eigenvalue weighted by molar-refractivity contribution is -0.192. The van der Waals surface area contributed by atoms with Crippen LogP contribution in [0.3, 0.4) is 0 Å². The molecule has 0 saturated heterocycles. The van der Waals surface area contributed by atoms with Crippen molar-refractivity contribution in [3.05, 3.63) is 0 Å². The van der Waals surface area contributed by atoms with Crippen LogP contribution < -0.4 is 5.32 Å². The van der Waals surface area contributed by atoms with Crippen LogP contribution in [0.15, 0.2) is 0 Å². The average Bonchev–Trinajstić information content (AvgIpc) is 2.85. The molecule has 1 rings (SSSR count). The number of hydrogen-bond donors (Lipinski definition) is 3. The molecule has 13 heteroatoms. The van der Waals surface area contributed by atoms with Crippen LogP contribution in [-0.4, -0.2) is 58.2 Å². The van der Waals surface area contributed by atoms with Gasteiger partial charge in [0.25, 0.3) is 0 Å². The lowest BCUT2D eigenvalue weighted by Crippen LogP contribution is -2.31. The van der Waals surface area contributed by atoms with E-state index in [-0.39, 0.29) is 31.6 Å². The van der Waals surface area contributed by atoms with Gasteiger partial charge in [-0.05, 0) is 6.42 Å². The van der Waals surface area contributed by atoms with Crippen LogP contribution in [0.4, 0.5) is 22.0 Å². The van der Waals surface area contributed by atoms with E-state index in [2.05, 4.69) is 5.32 Å². The maximum absolute atomic E-state index is 12.9. The highest BCUT2D eigenvalue weighted by atomic mass is 33.1. The van der Waals surface area contributed by atoms with E-state index in [9.17, 15) is 31.5 Å². The lowest BCUT2D eigenvalue weighted by atomic mass is 10.1. The number of rotatable bonds is 8. The second-order valence-corrected chi connectivity index (χ2v) is 7.88. The minimum absolute atomic E-state index is 0.112. The number of aliphatic carboxylic acids is 2. The molecule has 0 radical (unpaired) electrons. The fourth-order valence-corrected chi connectivity index (χ4v) is 3.67. The van der Waals surface area contributed by atoms with Gasteiger partial charge < -0.3 is 15.5 Å². The average molecular weight is 427 g/mol. The van der Waals surface area contributed by atoms with Crippen molar-refractivity contribution in [3.63, 3.8) is 0 Å². The Morgan fingerprint density at radius 1 is 1.12 bits per heavy atom. The molecule has 0 spiro atoms. The maximum Gasteiger partial charge on any atom is 0.490 e. The number of carboxylic acid groups (broad SMARTS) is 2. The van der Waals surface area contributed by atoms with Crippen molar-refractivity contribution >= 4 is 39.4 Å². The normalized spacial score (nSPS) is 18.6. The Labute approximate surface area is 153 Å². The van der Waals surface area contributed by atoms with Crippen molar-refractivity contribution in [3.8, 4) is 0 Å². The zero-order valence-electron chi connectivity index (χ0n) is 13.4. The number of amides is 1. The zero-order chi connectivity index (χ0) is 20.4.